The Morgan fingerprint density at radius 3 is 2.53 bits per heavy atom. The Morgan fingerprint density at radius 1 is 0.972 bits per heavy atom. The molecule has 0 unspecified atom stereocenters. The number of anilines is 3. The lowest BCUT2D eigenvalue weighted by Crippen LogP contribution is -2.44. The van der Waals surface area contributed by atoms with Gasteiger partial charge in [-0.25, -0.2) is 4.98 Å². The minimum absolute atomic E-state index is 0.0529. The van der Waals surface area contributed by atoms with Crippen LogP contribution < -0.4 is 15.8 Å². The van der Waals surface area contributed by atoms with E-state index in [1.807, 2.05) is 0 Å². The zero-order chi connectivity index (χ0) is 24.5. The van der Waals surface area contributed by atoms with Gasteiger partial charge in [0.2, 0.25) is 5.95 Å². The van der Waals surface area contributed by atoms with E-state index in [0.717, 1.165) is 42.9 Å². The average Bonchev–Trinajstić information content (AvgIpc) is 3.59. The summed E-state index contributed by atoms with van der Waals surface area (Å²) in [5.74, 6) is 0.486. The summed E-state index contributed by atoms with van der Waals surface area (Å²) in [6, 6.07) is 16.5. The lowest BCUT2D eigenvalue weighted by molar-refractivity contribution is 0.313. The van der Waals surface area contributed by atoms with E-state index in [1.165, 1.54) is 31.4 Å². The van der Waals surface area contributed by atoms with Crippen LogP contribution in [0.5, 0.6) is 0 Å². The Balaban J connectivity index is 1.25. The predicted octanol–water partition coefficient (Wildman–Crippen LogP) is 4.25. The van der Waals surface area contributed by atoms with Gasteiger partial charge in [-0.15, -0.1) is 0 Å². The average molecular weight is 484 g/mol. The van der Waals surface area contributed by atoms with Crippen LogP contribution in [0.3, 0.4) is 0 Å². The Bertz CT molecular complexity index is 1390. The van der Waals surface area contributed by atoms with Gasteiger partial charge in [-0.1, -0.05) is 12.8 Å². The van der Waals surface area contributed by atoms with E-state index in [0.29, 0.717) is 24.2 Å². The molecular weight excluding hydrogens is 450 g/mol. The smallest absolute Gasteiger partial charge is 0.252 e. The summed E-state index contributed by atoms with van der Waals surface area (Å²) in [4.78, 5) is 27.0. The third kappa shape index (κ3) is 4.60. The summed E-state index contributed by atoms with van der Waals surface area (Å²) < 4.78 is 4.11. The number of hydrogen-bond acceptors (Lipinski definition) is 6. The highest BCUT2D eigenvalue weighted by atomic mass is 16.1. The molecule has 1 N–H and O–H groups in total. The number of hydrogen-bond donors (Lipinski definition) is 1. The Labute approximate surface area is 211 Å². The van der Waals surface area contributed by atoms with Gasteiger partial charge in [0.05, 0.1) is 6.54 Å². The number of rotatable bonds is 6. The number of fused-ring (bicyclic) bond motifs is 1. The summed E-state index contributed by atoms with van der Waals surface area (Å²) >= 11 is 0. The summed E-state index contributed by atoms with van der Waals surface area (Å²) in [5.41, 5.74) is 3.89. The van der Waals surface area contributed by atoms with Crippen LogP contribution in [0.4, 0.5) is 17.3 Å². The van der Waals surface area contributed by atoms with Crippen LogP contribution in [-0.4, -0.2) is 57.2 Å². The summed E-state index contributed by atoms with van der Waals surface area (Å²) in [7, 11) is 2.17. The summed E-state index contributed by atoms with van der Waals surface area (Å²) in [6.07, 6.45) is 8.89. The van der Waals surface area contributed by atoms with Crippen molar-refractivity contribution >= 4 is 28.4 Å². The molecule has 0 spiro atoms. The fourth-order valence-electron chi connectivity index (χ4n) is 5.50. The van der Waals surface area contributed by atoms with Gasteiger partial charge in [0.15, 0.2) is 0 Å². The molecule has 2 aliphatic rings. The zero-order valence-corrected chi connectivity index (χ0v) is 20.8. The van der Waals surface area contributed by atoms with Gasteiger partial charge in [-0.05, 0) is 62.4 Å². The Hall–Kier alpha value is -3.65. The maximum absolute atomic E-state index is 12.9. The van der Waals surface area contributed by atoms with Crippen molar-refractivity contribution in [2.45, 2.75) is 38.3 Å². The predicted molar refractivity (Wildman–Crippen MR) is 144 cm³/mol. The molecule has 8 nitrogen and oxygen atoms in total. The number of likely N-dealkylation sites (N-methyl/N-ethyl adjacent to an activating group) is 1. The second kappa shape index (κ2) is 9.78. The van der Waals surface area contributed by atoms with Gasteiger partial charge in [-0.2, -0.15) is 4.98 Å². The third-order valence-electron chi connectivity index (χ3n) is 7.62. The van der Waals surface area contributed by atoms with Crippen LogP contribution in [0.15, 0.2) is 65.7 Å². The molecule has 1 aromatic carbocycles. The second-order valence-electron chi connectivity index (χ2n) is 10.0. The molecule has 1 saturated carbocycles. The van der Waals surface area contributed by atoms with E-state index in [4.69, 9.17) is 4.98 Å². The van der Waals surface area contributed by atoms with Gasteiger partial charge in [0.25, 0.3) is 5.56 Å². The van der Waals surface area contributed by atoms with Crippen molar-refractivity contribution in [1.29, 1.82) is 0 Å². The molecule has 4 heterocycles. The van der Waals surface area contributed by atoms with Crippen molar-refractivity contribution < 1.29 is 0 Å². The van der Waals surface area contributed by atoms with Crippen LogP contribution in [-0.2, 0) is 6.54 Å². The topological polar surface area (TPSA) is 71.2 Å². The van der Waals surface area contributed by atoms with Gasteiger partial charge in [-0.3, -0.25) is 9.36 Å². The molecule has 1 aliphatic carbocycles. The molecule has 4 aromatic rings. The minimum Gasteiger partial charge on any atom is -0.369 e. The van der Waals surface area contributed by atoms with Crippen molar-refractivity contribution in [2.24, 2.45) is 0 Å². The molecule has 1 saturated heterocycles. The van der Waals surface area contributed by atoms with Gasteiger partial charge in [0, 0.05) is 73.1 Å². The Kier molecular flexibility index (Phi) is 6.19. The first kappa shape index (κ1) is 22.8. The first-order valence-electron chi connectivity index (χ1n) is 13.0. The van der Waals surface area contributed by atoms with Gasteiger partial charge < -0.3 is 19.7 Å². The first-order valence-corrected chi connectivity index (χ1v) is 13.0. The first-order chi connectivity index (χ1) is 17.6. The van der Waals surface area contributed by atoms with Crippen LogP contribution in [0.1, 0.15) is 37.4 Å². The fraction of sp³-hybridized carbons (Fsp3) is 0.393. The van der Waals surface area contributed by atoms with Crippen molar-refractivity contribution in [3.8, 4) is 0 Å². The molecule has 6 rings (SSSR count). The normalized spacial score (nSPS) is 17.2. The quantitative estimate of drug-likeness (QED) is 0.442. The van der Waals surface area contributed by atoms with Crippen molar-refractivity contribution in [3.63, 3.8) is 0 Å². The fourth-order valence-corrected chi connectivity index (χ4v) is 5.50. The van der Waals surface area contributed by atoms with Gasteiger partial charge in [0.1, 0.15) is 5.65 Å². The van der Waals surface area contributed by atoms with Crippen LogP contribution in [0, 0.1) is 0 Å². The third-order valence-corrected chi connectivity index (χ3v) is 7.62. The number of aromatic nitrogens is 4. The summed E-state index contributed by atoms with van der Waals surface area (Å²) in [5, 5.41) is 4.18. The molecule has 3 aromatic heterocycles. The molecule has 0 radical (unpaired) electrons. The zero-order valence-electron chi connectivity index (χ0n) is 20.8. The van der Waals surface area contributed by atoms with Gasteiger partial charge >= 0.3 is 0 Å². The SMILES string of the molecule is CN1CCN(c2ccc(Nc3ncc4ccc(=O)n(Cc5cccn5C5CCCC5)c4n3)cc2)CC1. The van der Waals surface area contributed by atoms with Crippen LogP contribution in [0.25, 0.3) is 11.0 Å². The van der Waals surface area contributed by atoms with E-state index >= 15 is 0 Å². The van der Waals surface area contributed by atoms with Crippen molar-refractivity contribution in [3.05, 3.63) is 77.0 Å². The maximum atomic E-state index is 12.9. The molecule has 2 fully saturated rings. The number of benzene rings is 1. The number of pyridine rings is 1. The molecular formula is C28H33N7O. The molecule has 36 heavy (non-hydrogen) atoms. The molecule has 0 bridgehead atoms. The highest BCUT2D eigenvalue weighted by Crippen LogP contribution is 2.31. The van der Waals surface area contributed by atoms with E-state index in [-0.39, 0.29) is 5.56 Å². The minimum atomic E-state index is -0.0529. The van der Waals surface area contributed by atoms with Crippen LogP contribution >= 0.6 is 0 Å². The van der Waals surface area contributed by atoms with Crippen LogP contribution in [0.2, 0.25) is 0 Å². The maximum Gasteiger partial charge on any atom is 0.252 e. The molecule has 8 heteroatoms. The highest BCUT2D eigenvalue weighted by molar-refractivity contribution is 5.76. The lowest BCUT2D eigenvalue weighted by Gasteiger charge is -2.34. The lowest BCUT2D eigenvalue weighted by atomic mass is 10.2. The van der Waals surface area contributed by atoms with E-state index in [1.54, 1.807) is 22.9 Å². The van der Waals surface area contributed by atoms with E-state index < -0.39 is 0 Å². The van der Waals surface area contributed by atoms with E-state index in [2.05, 4.69) is 74.3 Å². The van der Waals surface area contributed by atoms with E-state index in [9.17, 15) is 4.79 Å². The number of piperazine rings is 1. The molecule has 0 amide bonds. The Morgan fingerprint density at radius 2 is 1.75 bits per heavy atom. The highest BCUT2D eigenvalue weighted by Gasteiger charge is 2.19. The molecule has 186 valence electrons. The standard InChI is InChI=1S/C28H33N7O/c1-32-15-17-33(18-16-32)23-11-9-22(10-12-23)30-28-29-19-21-8-13-26(36)35(27(21)31-28)20-25-7-4-14-34(25)24-5-2-3-6-24/h4,7-14,19,24H,2-3,5-6,15-18,20H2,1H3,(H,29,30,31). The monoisotopic (exact) mass is 483 g/mol. The number of nitrogens with zero attached hydrogens (tertiary/aromatic N) is 6. The molecule has 0 atom stereocenters. The number of nitrogens with one attached hydrogen (secondary N) is 1. The van der Waals surface area contributed by atoms with Crippen molar-refractivity contribution in [1.82, 2.24) is 24.0 Å². The largest absolute Gasteiger partial charge is 0.369 e. The molecule has 1 aliphatic heterocycles. The second-order valence-corrected chi connectivity index (χ2v) is 10.0. The summed E-state index contributed by atoms with van der Waals surface area (Å²) in [6.45, 7) is 4.74. The van der Waals surface area contributed by atoms with Crippen molar-refractivity contribution in [2.75, 3.05) is 43.4 Å².